The number of fused-ring (bicyclic) bond motifs is 2. The molecule has 20 heavy (non-hydrogen) atoms. The van der Waals surface area contributed by atoms with E-state index in [0.29, 0.717) is 18.5 Å². The number of carbonyl (C=O) groups excluding carboxylic acids is 3. The minimum atomic E-state index is -0.558. The molecule has 6 nitrogen and oxygen atoms in total. The molecule has 1 aromatic rings. The number of ether oxygens (including phenoxy) is 1. The number of amides is 3. The third-order valence-corrected chi connectivity index (χ3v) is 3.81. The lowest BCUT2D eigenvalue weighted by Crippen LogP contribution is -2.50. The zero-order chi connectivity index (χ0) is 14.3. The third-order valence-electron chi connectivity index (χ3n) is 3.81. The number of carbonyl (C=O) groups is 3. The van der Waals surface area contributed by atoms with Gasteiger partial charge < -0.3 is 9.64 Å². The van der Waals surface area contributed by atoms with Gasteiger partial charge in [-0.1, -0.05) is 18.2 Å². The molecule has 2 aliphatic rings. The highest BCUT2D eigenvalue weighted by molar-refractivity contribution is 6.07. The van der Waals surface area contributed by atoms with E-state index in [0.717, 1.165) is 0 Å². The van der Waals surface area contributed by atoms with E-state index in [1.165, 1.54) is 16.9 Å². The summed E-state index contributed by atoms with van der Waals surface area (Å²) in [6.07, 6.45) is 0.441. The zero-order valence-corrected chi connectivity index (χ0v) is 11.0. The summed E-state index contributed by atoms with van der Waals surface area (Å²) < 4.78 is 4.68. The van der Waals surface area contributed by atoms with Crippen LogP contribution in [0.25, 0.3) is 0 Å². The third kappa shape index (κ3) is 1.76. The van der Waals surface area contributed by atoms with Gasteiger partial charge in [-0.2, -0.15) is 0 Å². The number of esters is 1. The predicted molar refractivity (Wildman–Crippen MR) is 68.9 cm³/mol. The van der Waals surface area contributed by atoms with Crippen molar-refractivity contribution in [1.82, 2.24) is 9.80 Å². The zero-order valence-electron chi connectivity index (χ0n) is 11.0. The van der Waals surface area contributed by atoms with E-state index >= 15 is 0 Å². The highest BCUT2D eigenvalue weighted by atomic mass is 16.5. The maximum Gasteiger partial charge on any atom is 0.328 e. The minimum absolute atomic E-state index is 0.251. The molecule has 104 valence electrons. The average molecular weight is 274 g/mol. The predicted octanol–water partition coefficient (Wildman–Crippen LogP) is 0.878. The molecule has 0 aromatic heterocycles. The summed E-state index contributed by atoms with van der Waals surface area (Å²) in [7, 11) is 1.30. The van der Waals surface area contributed by atoms with Gasteiger partial charge in [-0.25, -0.2) is 9.59 Å². The van der Waals surface area contributed by atoms with Crippen LogP contribution in [0.2, 0.25) is 0 Å². The van der Waals surface area contributed by atoms with Gasteiger partial charge in [-0.05, 0) is 12.1 Å². The first-order chi connectivity index (χ1) is 9.63. The van der Waals surface area contributed by atoms with Gasteiger partial charge in [-0.15, -0.1) is 0 Å². The monoisotopic (exact) mass is 274 g/mol. The first-order valence-corrected chi connectivity index (χ1v) is 6.40. The van der Waals surface area contributed by atoms with Crippen molar-refractivity contribution in [3.8, 4) is 0 Å². The molecule has 2 heterocycles. The Morgan fingerprint density at radius 1 is 1.25 bits per heavy atom. The van der Waals surface area contributed by atoms with Crippen molar-refractivity contribution in [3.05, 3.63) is 35.9 Å². The Balaban J connectivity index is 1.81. The number of benzene rings is 1. The van der Waals surface area contributed by atoms with Crippen molar-refractivity contribution < 1.29 is 19.1 Å². The average Bonchev–Trinajstić information content (AvgIpc) is 3.04. The van der Waals surface area contributed by atoms with Crippen LogP contribution in [0.5, 0.6) is 0 Å². The summed E-state index contributed by atoms with van der Waals surface area (Å²) in [6.45, 7) is 0.400. The molecule has 0 saturated carbocycles. The fraction of sp³-hybridized carbons (Fsp3) is 0.357. The molecule has 2 saturated heterocycles. The second-order valence-electron chi connectivity index (χ2n) is 4.90. The molecule has 2 fully saturated rings. The van der Waals surface area contributed by atoms with E-state index in [-0.39, 0.29) is 11.9 Å². The molecule has 0 radical (unpaired) electrons. The molecular weight excluding hydrogens is 260 g/mol. The summed E-state index contributed by atoms with van der Waals surface area (Å²) in [5.74, 6) is -0.737. The minimum Gasteiger partial charge on any atom is -0.467 e. The summed E-state index contributed by atoms with van der Waals surface area (Å²) in [5.41, 5.74) is 0.476. The smallest absolute Gasteiger partial charge is 0.328 e. The molecule has 2 bridgehead atoms. The fourth-order valence-corrected chi connectivity index (χ4v) is 2.84. The van der Waals surface area contributed by atoms with E-state index < -0.39 is 18.0 Å². The van der Waals surface area contributed by atoms with Gasteiger partial charge in [0.2, 0.25) is 0 Å². The molecule has 2 atom stereocenters. The Kier molecular flexibility index (Phi) is 2.93. The Morgan fingerprint density at radius 3 is 2.55 bits per heavy atom. The van der Waals surface area contributed by atoms with E-state index in [1.54, 1.807) is 24.3 Å². The van der Waals surface area contributed by atoms with Crippen LogP contribution in [0.15, 0.2) is 30.3 Å². The van der Waals surface area contributed by atoms with Crippen molar-refractivity contribution in [2.75, 3.05) is 13.7 Å². The molecule has 0 aliphatic carbocycles. The van der Waals surface area contributed by atoms with Crippen LogP contribution >= 0.6 is 0 Å². The van der Waals surface area contributed by atoms with Gasteiger partial charge in [0, 0.05) is 18.5 Å². The first kappa shape index (κ1) is 12.7. The number of nitrogens with zero attached hydrogens (tertiary/aromatic N) is 2. The van der Waals surface area contributed by atoms with Crippen molar-refractivity contribution >= 4 is 17.9 Å². The Hall–Kier alpha value is -2.37. The van der Waals surface area contributed by atoms with Crippen LogP contribution in [0.1, 0.15) is 16.8 Å². The number of methoxy groups -OCH3 is 1. The van der Waals surface area contributed by atoms with Gasteiger partial charge in [0.25, 0.3) is 5.91 Å². The van der Waals surface area contributed by atoms with Crippen molar-refractivity contribution in [2.24, 2.45) is 0 Å². The summed E-state index contributed by atoms with van der Waals surface area (Å²) >= 11 is 0. The maximum atomic E-state index is 12.4. The Morgan fingerprint density at radius 2 is 1.95 bits per heavy atom. The van der Waals surface area contributed by atoms with Crippen molar-refractivity contribution in [2.45, 2.75) is 18.5 Å². The molecular formula is C14H14N2O4. The molecule has 0 spiro atoms. The standard InChI is InChI=1S/C14H14N2O4/c1-20-13(18)11-7-10-8-15(11)14(19)16(10)12(17)9-5-3-2-4-6-9/h2-6,10-11H,7-8H2,1H3/t10-,11?/m0/s1. The lowest BCUT2D eigenvalue weighted by Gasteiger charge is -2.29. The van der Waals surface area contributed by atoms with Crippen LogP contribution < -0.4 is 0 Å². The topological polar surface area (TPSA) is 66.9 Å². The van der Waals surface area contributed by atoms with Gasteiger partial charge in [0.05, 0.1) is 13.2 Å². The highest BCUT2D eigenvalue weighted by Crippen LogP contribution is 2.33. The second-order valence-corrected chi connectivity index (χ2v) is 4.90. The van der Waals surface area contributed by atoms with Crippen LogP contribution in [0.3, 0.4) is 0 Å². The van der Waals surface area contributed by atoms with Crippen LogP contribution in [-0.4, -0.2) is 53.4 Å². The number of rotatable bonds is 2. The molecule has 3 rings (SSSR count). The molecule has 6 heteroatoms. The molecule has 2 aliphatic heterocycles. The summed E-state index contributed by atoms with van der Waals surface area (Å²) in [4.78, 5) is 38.8. The lowest BCUT2D eigenvalue weighted by atomic mass is 10.1. The van der Waals surface area contributed by atoms with Crippen LogP contribution in [0, 0.1) is 0 Å². The van der Waals surface area contributed by atoms with Gasteiger partial charge in [-0.3, -0.25) is 9.69 Å². The molecule has 3 amide bonds. The number of imide groups is 1. The first-order valence-electron chi connectivity index (χ1n) is 6.40. The molecule has 1 aromatic carbocycles. The van der Waals surface area contributed by atoms with Crippen molar-refractivity contribution in [3.63, 3.8) is 0 Å². The second kappa shape index (κ2) is 4.63. The van der Waals surface area contributed by atoms with E-state index in [9.17, 15) is 14.4 Å². The molecule has 0 N–H and O–H groups in total. The number of urea groups is 1. The Bertz CT molecular complexity index is 572. The lowest BCUT2D eigenvalue weighted by molar-refractivity contribution is -0.145. The fourth-order valence-electron chi connectivity index (χ4n) is 2.84. The van der Waals surface area contributed by atoms with Gasteiger partial charge in [0.1, 0.15) is 6.04 Å². The molecule has 1 unspecified atom stereocenters. The van der Waals surface area contributed by atoms with Gasteiger partial charge in [0.15, 0.2) is 0 Å². The largest absolute Gasteiger partial charge is 0.467 e. The highest BCUT2D eigenvalue weighted by Gasteiger charge is 2.53. The van der Waals surface area contributed by atoms with Crippen molar-refractivity contribution in [1.29, 1.82) is 0 Å². The quantitative estimate of drug-likeness (QED) is 0.751. The number of hydrogen-bond donors (Lipinski definition) is 0. The summed E-state index contributed by atoms with van der Waals surface area (Å²) in [6, 6.07) is 7.45. The van der Waals surface area contributed by atoms with E-state index in [2.05, 4.69) is 4.74 Å². The van der Waals surface area contributed by atoms with Crippen LogP contribution in [0.4, 0.5) is 4.79 Å². The van der Waals surface area contributed by atoms with E-state index in [1.807, 2.05) is 6.07 Å². The summed E-state index contributed by atoms with van der Waals surface area (Å²) in [5, 5.41) is 0. The maximum absolute atomic E-state index is 12.4. The van der Waals surface area contributed by atoms with Crippen LogP contribution in [-0.2, 0) is 9.53 Å². The Labute approximate surface area is 115 Å². The normalized spacial score (nSPS) is 24.1. The van der Waals surface area contributed by atoms with E-state index in [4.69, 9.17) is 0 Å². The number of hydrogen-bond acceptors (Lipinski definition) is 4. The van der Waals surface area contributed by atoms with Gasteiger partial charge >= 0.3 is 12.0 Å². The SMILES string of the molecule is COC(=O)C1C[C@H]2CN1C(=O)N2C(=O)c1ccccc1.